The number of methoxy groups -OCH3 is 1. The smallest absolute Gasteiger partial charge is 0.0700 e. The van der Waals surface area contributed by atoms with Gasteiger partial charge in [0.1, 0.15) is 0 Å². The first-order valence-corrected chi connectivity index (χ1v) is 7.20. The van der Waals surface area contributed by atoms with Crippen molar-refractivity contribution in [2.45, 2.75) is 38.1 Å². The Balaban J connectivity index is 1.92. The minimum absolute atomic E-state index is 0.530. The molecule has 0 aromatic rings. The van der Waals surface area contributed by atoms with Gasteiger partial charge in [-0.2, -0.15) is 0 Å². The summed E-state index contributed by atoms with van der Waals surface area (Å²) in [6.45, 7) is 3.73. The Kier molecular flexibility index (Phi) is 9.48. The molecule has 108 valence electrons. The number of nitrogens with one attached hydrogen (secondary N) is 1. The molecule has 0 amide bonds. The molecule has 0 aromatic carbocycles. The number of ether oxygens (including phenoxy) is 3. The monoisotopic (exact) mass is 259 g/mol. The topological polar surface area (TPSA) is 39.7 Å². The van der Waals surface area contributed by atoms with Gasteiger partial charge in [0.25, 0.3) is 0 Å². The van der Waals surface area contributed by atoms with Gasteiger partial charge in [-0.15, -0.1) is 0 Å². The van der Waals surface area contributed by atoms with Crippen LogP contribution in [0.5, 0.6) is 0 Å². The molecule has 4 heteroatoms. The van der Waals surface area contributed by atoms with Crippen molar-refractivity contribution in [1.82, 2.24) is 5.32 Å². The third-order valence-electron chi connectivity index (χ3n) is 3.65. The van der Waals surface area contributed by atoms with Crippen molar-refractivity contribution in [3.8, 4) is 0 Å². The summed E-state index contributed by atoms with van der Waals surface area (Å²) in [5, 5.41) is 3.39. The molecular weight excluding hydrogens is 230 g/mol. The van der Waals surface area contributed by atoms with Gasteiger partial charge < -0.3 is 19.5 Å². The summed E-state index contributed by atoms with van der Waals surface area (Å²) in [4.78, 5) is 0. The van der Waals surface area contributed by atoms with Crippen LogP contribution in [0, 0.1) is 5.92 Å². The molecule has 1 fully saturated rings. The molecule has 1 rings (SSSR count). The van der Waals surface area contributed by atoms with Crippen LogP contribution < -0.4 is 5.32 Å². The fraction of sp³-hybridized carbons (Fsp3) is 1.00. The molecule has 18 heavy (non-hydrogen) atoms. The van der Waals surface area contributed by atoms with Crippen LogP contribution in [-0.4, -0.2) is 53.2 Å². The molecule has 1 aliphatic rings. The molecular formula is C14H29NO3. The van der Waals surface area contributed by atoms with Gasteiger partial charge >= 0.3 is 0 Å². The van der Waals surface area contributed by atoms with Gasteiger partial charge in [-0.3, -0.25) is 0 Å². The molecule has 1 aliphatic carbocycles. The summed E-state index contributed by atoms with van der Waals surface area (Å²) in [6, 6.07) is 0.530. The molecule has 0 bridgehead atoms. The zero-order chi connectivity index (χ0) is 13.1. The maximum absolute atomic E-state index is 5.73. The predicted octanol–water partition coefficient (Wildman–Crippen LogP) is 1.83. The lowest BCUT2D eigenvalue weighted by atomic mass is 9.99. The maximum atomic E-state index is 5.73. The van der Waals surface area contributed by atoms with E-state index in [2.05, 4.69) is 5.32 Å². The number of rotatable bonds is 11. The standard InChI is InChI=1S/C14H29NO3/c1-15-14(13-6-3-4-7-13)12-18-9-5-8-17-11-10-16-2/h13-15H,3-12H2,1-2H3. The van der Waals surface area contributed by atoms with Crippen molar-refractivity contribution in [3.05, 3.63) is 0 Å². The normalized spacial score (nSPS) is 18.3. The highest BCUT2D eigenvalue weighted by Gasteiger charge is 2.23. The Labute approximate surface area is 111 Å². The molecule has 0 aliphatic heterocycles. The minimum atomic E-state index is 0.530. The van der Waals surface area contributed by atoms with Gasteiger partial charge in [0.15, 0.2) is 0 Å². The molecule has 1 N–H and O–H groups in total. The number of likely N-dealkylation sites (N-methyl/N-ethyl adjacent to an activating group) is 1. The summed E-state index contributed by atoms with van der Waals surface area (Å²) in [5.74, 6) is 0.813. The van der Waals surface area contributed by atoms with E-state index < -0.39 is 0 Å². The van der Waals surface area contributed by atoms with Gasteiger partial charge in [0, 0.05) is 26.4 Å². The highest BCUT2D eigenvalue weighted by Crippen LogP contribution is 2.27. The summed E-state index contributed by atoms with van der Waals surface area (Å²) in [6.07, 6.45) is 6.45. The van der Waals surface area contributed by atoms with E-state index in [-0.39, 0.29) is 0 Å². The Bertz CT molecular complexity index is 184. The second-order valence-electron chi connectivity index (χ2n) is 4.97. The lowest BCUT2D eigenvalue weighted by Gasteiger charge is -2.22. The number of hydrogen-bond donors (Lipinski definition) is 1. The maximum Gasteiger partial charge on any atom is 0.0700 e. The number of hydrogen-bond acceptors (Lipinski definition) is 4. The van der Waals surface area contributed by atoms with Crippen LogP contribution in [0.2, 0.25) is 0 Å². The lowest BCUT2D eigenvalue weighted by Crippen LogP contribution is -2.36. The first kappa shape index (κ1) is 15.9. The van der Waals surface area contributed by atoms with Gasteiger partial charge in [0.05, 0.1) is 19.8 Å². The Morgan fingerprint density at radius 1 is 1.06 bits per heavy atom. The van der Waals surface area contributed by atoms with E-state index in [0.717, 1.165) is 32.2 Å². The van der Waals surface area contributed by atoms with Crippen LogP contribution >= 0.6 is 0 Å². The summed E-state index contributed by atoms with van der Waals surface area (Å²) in [7, 11) is 3.73. The lowest BCUT2D eigenvalue weighted by molar-refractivity contribution is 0.0442. The first-order chi connectivity index (χ1) is 8.88. The zero-order valence-corrected chi connectivity index (χ0v) is 12.0. The Hall–Kier alpha value is -0.160. The van der Waals surface area contributed by atoms with Gasteiger partial charge in [0.2, 0.25) is 0 Å². The van der Waals surface area contributed by atoms with E-state index in [1.54, 1.807) is 7.11 Å². The SMILES string of the molecule is CNC(COCCCOCCOC)C1CCCC1. The second kappa shape index (κ2) is 10.7. The molecule has 1 unspecified atom stereocenters. The quantitative estimate of drug-likeness (QED) is 0.575. The van der Waals surface area contributed by atoms with Crippen molar-refractivity contribution < 1.29 is 14.2 Å². The average molecular weight is 259 g/mol. The molecule has 0 heterocycles. The van der Waals surface area contributed by atoms with E-state index in [4.69, 9.17) is 14.2 Å². The average Bonchev–Trinajstić information content (AvgIpc) is 2.91. The fourth-order valence-corrected chi connectivity index (χ4v) is 2.53. The van der Waals surface area contributed by atoms with Crippen LogP contribution in [0.15, 0.2) is 0 Å². The van der Waals surface area contributed by atoms with Gasteiger partial charge in [-0.25, -0.2) is 0 Å². The van der Waals surface area contributed by atoms with E-state index in [9.17, 15) is 0 Å². The fourth-order valence-electron chi connectivity index (χ4n) is 2.53. The van der Waals surface area contributed by atoms with Gasteiger partial charge in [-0.05, 0) is 32.2 Å². The van der Waals surface area contributed by atoms with Crippen LogP contribution in [0.1, 0.15) is 32.1 Å². The highest BCUT2D eigenvalue weighted by atomic mass is 16.5. The molecule has 0 spiro atoms. The minimum Gasteiger partial charge on any atom is -0.382 e. The van der Waals surface area contributed by atoms with Crippen molar-refractivity contribution in [2.24, 2.45) is 5.92 Å². The van der Waals surface area contributed by atoms with Crippen LogP contribution in [0.3, 0.4) is 0 Å². The van der Waals surface area contributed by atoms with E-state index in [1.165, 1.54) is 25.7 Å². The molecule has 4 nitrogen and oxygen atoms in total. The second-order valence-corrected chi connectivity index (χ2v) is 4.97. The van der Waals surface area contributed by atoms with Crippen molar-refractivity contribution in [2.75, 3.05) is 47.2 Å². The van der Waals surface area contributed by atoms with Crippen LogP contribution in [0.25, 0.3) is 0 Å². The van der Waals surface area contributed by atoms with Gasteiger partial charge in [-0.1, -0.05) is 12.8 Å². The molecule has 0 radical (unpaired) electrons. The van der Waals surface area contributed by atoms with E-state index >= 15 is 0 Å². The highest BCUT2D eigenvalue weighted by molar-refractivity contribution is 4.79. The van der Waals surface area contributed by atoms with E-state index in [0.29, 0.717) is 19.3 Å². The van der Waals surface area contributed by atoms with E-state index in [1.807, 2.05) is 7.05 Å². The van der Waals surface area contributed by atoms with Crippen molar-refractivity contribution >= 4 is 0 Å². The summed E-state index contributed by atoms with van der Waals surface area (Å²) >= 11 is 0. The third kappa shape index (κ3) is 6.69. The van der Waals surface area contributed by atoms with Crippen LogP contribution in [0.4, 0.5) is 0 Å². The predicted molar refractivity (Wildman–Crippen MR) is 72.9 cm³/mol. The molecule has 0 saturated heterocycles. The Morgan fingerprint density at radius 2 is 1.78 bits per heavy atom. The first-order valence-electron chi connectivity index (χ1n) is 7.20. The molecule has 0 aromatic heterocycles. The van der Waals surface area contributed by atoms with Crippen LogP contribution in [-0.2, 0) is 14.2 Å². The third-order valence-corrected chi connectivity index (χ3v) is 3.65. The zero-order valence-electron chi connectivity index (χ0n) is 12.0. The Morgan fingerprint density at radius 3 is 2.44 bits per heavy atom. The van der Waals surface area contributed by atoms with Crippen molar-refractivity contribution in [3.63, 3.8) is 0 Å². The molecule has 1 atom stereocenters. The summed E-state index contributed by atoms with van der Waals surface area (Å²) in [5.41, 5.74) is 0. The molecule has 1 saturated carbocycles. The summed E-state index contributed by atoms with van der Waals surface area (Å²) < 4.78 is 16.0. The van der Waals surface area contributed by atoms with Crippen molar-refractivity contribution in [1.29, 1.82) is 0 Å². The largest absolute Gasteiger partial charge is 0.382 e.